The minimum atomic E-state index is -3.70. The van der Waals surface area contributed by atoms with Crippen LogP contribution in [-0.2, 0) is 26.5 Å². The Labute approximate surface area is 37.6 Å². The van der Waals surface area contributed by atoms with E-state index in [2.05, 4.69) is 3.76 Å². The Morgan fingerprint density at radius 1 is 1.50 bits per heavy atom. The first-order chi connectivity index (χ1) is 2.77. The van der Waals surface area contributed by atoms with Crippen LogP contribution in [0.15, 0.2) is 5.34 Å². The van der Waals surface area contributed by atoms with Crippen molar-refractivity contribution in [1.82, 2.24) is 0 Å². The van der Waals surface area contributed by atoms with Gasteiger partial charge in [0.1, 0.15) is 0 Å². The normalized spacial score (nSPS) is 6.67. The summed E-state index contributed by atoms with van der Waals surface area (Å²) in [6.07, 6.45) is 0. The quantitative estimate of drug-likeness (QED) is 0.385. The van der Waals surface area contributed by atoms with E-state index in [4.69, 9.17) is 4.91 Å². The van der Waals surface area contributed by atoms with Gasteiger partial charge in [0.25, 0.3) is 0 Å². The maximum atomic E-state index is 9.20. The molecule has 0 aliphatic carbocycles. The van der Waals surface area contributed by atoms with Gasteiger partial charge in [-0.25, -0.2) is 0 Å². The molecule has 0 unspecified atom stereocenters. The Balaban J connectivity index is 3.32. The van der Waals surface area contributed by atoms with Crippen molar-refractivity contribution in [2.24, 2.45) is 5.34 Å². The zero-order valence-electron chi connectivity index (χ0n) is 2.53. The molecule has 5 nitrogen and oxygen atoms in total. The zero-order chi connectivity index (χ0) is 4.99. The van der Waals surface area contributed by atoms with E-state index in [-0.39, 0.29) is 0 Å². The van der Waals surface area contributed by atoms with Gasteiger partial charge in [-0.05, 0) is 0 Å². The van der Waals surface area contributed by atoms with E-state index >= 15 is 0 Å². The Kier molecular flexibility index (Phi) is 2.61. The first-order valence-corrected chi connectivity index (χ1v) is 2.62. The van der Waals surface area contributed by atoms with E-state index in [1.54, 1.807) is 5.34 Å². The minimum absolute atomic E-state index is 1.62. The summed E-state index contributed by atoms with van der Waals surface area (Å²) in [5.74, 6) is 0. The van der Waals surface area contributed by atoms with Gasteiger partial charge < -0.3 is 0 Å². The fourth-order valence-electron chi connectivity index (χ4n) is 0.0272. The van der Waals surface area contributed by atoms with Crippen LogP contribution in [0.2, 0.25) is 0 Å². The second-order valence-electron chi connectivity index (χ2n) is 0.380. The predicted octanol–water partition coefficient (Wildman–Crippen LogP) is -0.0914. The molecule has 6 heteroatoms. The van der Waals surface area contributed by atoms with Crippen LogP contribution in [0.5, 0.6) is 0 Å². The predicted molar refractivity (Wildman–Crippen MR) is 8.25 cm³/mol. The molecule has 0 saturated heterocycles. The third kappa shape index (κ3) is 3.58. The van der Waals surface area contributed by atoms with Gasteiger partial charge in [0.05, 0.1) is 0 Å². The molecule has 0 saturated carbocycles. The topological polar surface area (TPSA) is 72.8 Å². The standard InChI is InChI=1S/HNO2.2O.V/c2-1-3;;;/h(H,2,3);;;/q;;;+1/p-1. The summed E-state index contributed by atoms with van der Waals surface area (Å²) in [6, 6.07) is 0. The van der Waals surface area contributed by atoms with Crippen molar-refractivity contribution in [3.8, 4) is 0 Å². The van der Waals surface area contributed by atoms with Crippen molar-refractivity contribution in [3.63, 3.8) is 0 Å². The monoisotopic (exact) mass is 129 g/mol. The van der Waals surface area contributed by atoms with Crippen LogP contribution in [-0.4, -0.2) is 0 Å². The van der Waals surface area contributed by atoms with Gasteiger partial charge in [0.2, 0.25) is 0 Å². The van der Waals surface area contributed by atoms with Gasteiger partial charge in [0.15, 0.2) is 0 Å². The van der Waals surface area contributed by atoms with E-state index in [1.807, 2.05) is 0 Å². The van der Waals surface area contributed by atoms with E-state index in [0.29, 0.717) is 0 Å². The summed E-state index contributed by atoms with van der Waals surface area (Å²) in [5.41, 5.74) is 0. The van der Waals surface area contributed by atoms with Crippen LogP contribution < -0.4 is 0 Å². The Bertz CT molecular complexity index is 94.1. The third-order valence-electron chi connectivity index (χ3n) is 0.100. The molecule has 0 fully saturated rings. The average Bonchev–Trinajstić information content (AvgIpc) is 1.35. The molecule has 0 aromatic carbocycles. The second-order valence-corrected chi connectivity index (χ2v) is 1.33. The SMILES string of the molecule is O=N[O][V](=[O])=[O]. The second kappa shape index (κ2) is 2.80. The van der Waals surface area contributed by atoms with Crippen molar-refractivity contribution in [1.29, 1.82) is 0 Å². The molecule has 0 rings (SSSR count). The van der Waals surface area contributed by atoms with E-state index < -0.39 is 15.4 Å². The summed E-state index contributed by atoms with van der Waals surface area (Å²) < 4.78 is 21.5. The fraction of sp³-hybridized carbons (Fsp3) is 0. The summed E-state index contributed by atoms with van der Waals surface area (Å²) in [5, 5.41) is 1.62. The molecule has 6 heavy (non-hydrogen) atoms. The number of hydrogen-bond acceptors (Lipinski definition) is 5. The van der Waals surface area contributed by atoms with Crippen LogP contribution in [0.3, 0.4) is 0 Å². The number of rotatable bonds is 2. The molecule has 0 radical (unpaired) electrons. The third-order valence-corrected chi connectivity index (χ3v) is 0.412. The van der Waals surface area contributed by atoms with Crippen molar-refractivity contribution >= 4 is 0 Å². The molecule has 0 amide bonds. The van der Waals surface area contributed by atoms with Crippen molar-refractivity contribution in [2.45, 2.75) is 0 Å². The van der Waals surface area contributed by atoms with E-state index in [0.717, 1.165) is 0 Å². The Morgan fingerprint density at radius 2 is 2.00 bits per heavy atom. The van der Waals surface area contributed by atoms with Crippen LogP contribution >= 0.6 is 0 Å². The first-order valence-electron chi connectivity index (χ1n) is 0.913. The summed E-state index contributed by atoms with van der Waals surface area (Å²) in [7, 11) is 0. The first kappa shape index (κ1) is 5.58. The molecule has 0 N–H and O–H groups in total. The number of hydrogen-bond donors (Lipinski definition) is 0. The Morgan fingerprint density at radius 3 is 2.00 bits per heavy atom. The van der Waals surface area contributed by atoms with Gasteiger partial charge in [-0.3, -0.25) is 0 Å². The van der Waals surface area contributed by atoms with Gasteiger partial charge in [-0.1, -0.05) is 0 Å². The maximum absolute atomic E-state index is 9.20. The molecule has 0 aliphatic rings. The average molecular weight is 129 g/mol. The molecule has 0 aromatic heterocycles. The van der Waals surface area contributed by atoms with Gasteiger partial charge >= 0.3 is 36.8 Å². The summed E-state index contributed by atoms with van der Waals surface area (Å²) in [4.78, 5) is 8.78. The number of nitrogens with zero attached hydrogens (tertiary/aromatic N) is 1. The summed E-state index contributed by atoms with van der Waals surface area (Å²) >= 11 is -3.70. The van der Waals surface area contributed by atoms with Crippen LogP contribution in [0.25, 0.3) is 0 Å². The molecular weight excluding hydrogens is 129 g/mol. The molecular formula is NO4V. The molecule has 0 spiro atoms. The molecule has 0 atom stereocenters. The van der Waals surface area contributed by atoms with Crippen LogP contribution in [0.4, 0.5) is 0 Å². The molecule has 0 heterocycles. The molecule has 0 aliphatic heterocycles. The molecule has 0 bridgehead atoms. The summed E-state index contributed by atoms with van der Waals surface area (Å²) in [6.45, 7) is 0. The van der Waals surface area contributed by atoms with Crippen molar-refractivity contribution < 1.29 is 26.5 Å². The van der Waals surface area contributed by atoms with Gasteiger partial charge in [-0.15, -0.1) is 0 Å². The van der Waals surface area contributed by atoms with Gasteiger partial charge in [-0.2, -0.15) is 0 Å². The van der Waals surface area contributed by atoms with Crippen molar-refractivity contribution in [3.05, 3.63) is 4.91 Å². The molecule has 34 valence electrons. The van der Waals surface area contributed by atoms with Crippen LogP contribution in [0.1, 0.15) is 0 Å². The van der Waals surface area contributed by atoms with E-state index in [9.17, 15) is 7.35 Å². The zero-order valence-corrected chi connectivity index (χ0v) is 3.92. The van der Waals surface area contributed by atoms with Crippen molar-refractivity contribution in [2.75, 3.05) is 0 Å². The van der Waals surface area contributed by atoms with Crippen LogP contribution in [0, 0.1) is 4.91 Å². The van der Waals surface area contributed by atoms with Gasteiger partial charge in [0, 0.05) is 0 Å². The fourth-order valence-corrected chi connectivity index (χ4v) is 0.112. The molecule has 0 aromatic rings. The Hall–Kier alpha value is -0.416. The van der Waals surface area contributed by atoms with E-state index in [1.165, 1.54) is 0 Å².